The lowest BCUT2D eigenvalue weighted by atomic mass is 10.1. The minimum absolute atomic E-state index is 0.0480. The van der Waals surface area contributed by atoms with Crippen molar-refractivity contribution >= 4 is 18.2 Å². The summed E-state index contributed by atoms with van der Waals surface area (Å²) in [7, 11) is 0. The maximum Gasteiger partial charge on any atom is 0.341 e. The van der Waals surface area contributed by atoms with Crippen LogP contribution in [0.1, 0.15) is 40.0 Å². The van der Waals surface area contributed by atoms with Crippen LogP contribution >= 0.6 is 0 Å². The molecule has 3 aromatic rings. The predicted octanol–water partition coefficient (Wildman–Crippen LogP) is 2.27. The van der Waals surface area contributed by atoms with E-state index in [9.17, 15) is 18.4 Å². The first-order chi connectivity index (χ1) is 17.2. The monoisotopic (exact) mass is 496 g/mol. The van der Waals surface area contributed by atoms with E-state index in [2.05, 4.69) is 20.1 Å². The number of nitrogens with zero attached hydrogens (tertiary/aromatic N) is 7. The number of hydrogen-bond acceptors (Lipinski definition) is 7. The Morgan fingerprint density at radius 2 is 1.92 bits per heavy atom. The molecule has 0 aromatic carbocycles. The van der Waals surface area contributed by atoms with E-state index >= 15 is 0 Å². The van der Waals surface area contributed by atoms with Crippen LogP contribution in [-0.4, -0.2) is 66.8 Å². The third kappa shape index (κ3) is 4.12. The van der Waals surface area contributed by atoms with Gasteiger partial charge in [0, 0.05) is 24.9 Å². The second-order valence-electron chi connectivity index (χ2n) is 8.52. The summed E-state index contributed by atoms with van der Waals surface area (Å²) in [5.41, 5.74) is 6.49. The quantitative estimate of drug-likeness (QED) is 0.576. The molecule has 0 saturated carbocycles. The second kappa shape index (κ2) is 8.98. The van der Waals surface area contributed by atoms with Gasteiger partial charge in [0.15, 0.2) is 11.6 Å². The molecule has 2 N–H and O–H groups in total. The van der Waals surface area contributed by atoms with Crippen LogP contribution in [-0.2, 0) is 0 Å². The molecule has 1 fully saturated rings. The molecular weight excluding hydrogens is 474 g/mol. The number of nitrogens with two attached hydrogens (primary N) is 1. The first kappa shape index (κ1) is 23.3. The van der Waals surface area contributed by atoms with Gasteiger partial charge in [0.1, 0.15) is 29.3 Å². The Bertz CT molecular complexity index is 1390. The van der Waals surface area contributed by atoms with E-state index in [-0.39, 0.29) is 30.6 Å². The standard InChI is InChI=1S/C23H22F2N8O3/c1-12-21(22(26)34)30-13(2)32(12)20-6-19(17(25)9-28-20)36-16-10-31(11-16)23(35)33-18(3-4-29-33)14-5-15(24)8-27-7-14/h4-9,16,18H,3,10-11H2,1-2H3,(H2,26,34)/t18-/m0/s1. The number of hydrogen-bond donors (Lipinski definition) is 1. The highest BCUT2D eigenvalue weighted by atomic mass is 19.1. The predicted molar refractivity (Wildman–Crippen MR) is 123 cm³/mol. The maximum absolute atomic E-state index is 14.5. The largest absolute Gasteiger partial charge is 0.483 e. The summed E-state index contributed by atoms with van der Waals surface area (Å²) < 4.78 is 35.5. The summed E-state index contributed by atoms with van der Waals surface area (Å²) in [6.45, 7) is 3.76. The molecule has 5 rings (SSSR count). The van der Waals surface area contributed by atoms with Gasteiger partial charge in [-0.3, -0.25) is 14.3 Å². The first-order valence-electron chi connectivity index (χ1n) is 11.1. The van der Waals surface area contributed by atoms with Crippen molar-refractivity contribution in [2.75, 3.05) is 13.1 Å². The lowest BCUT2D eigenvalue weighted by Crippen LogP contribution is -2.58. The van der Waals surface area contributed by atoms with E-state index in [0.29, 0.717) is 29.3 Å². The van der Waals surface area contributed by atoms with Gasteiger partial charge in [0.25, 0.3) is 5.91 Å². The molecule has 1 saturated heterocycles. The number of halogens is 2. The van der Waals surface area contributed by atoms with Gasteiger partial charge in [-0.25, -0.2) is 28.6 Å². The first-order valence-corrected chi connectivity index (χ1v) is 11.1. The lowest BCUT2D eigenvalue weighted by molar-refractivity contribution is 0.0256. The van der Waals surface area contributed by atoms with Crippen molar-refractivity contribution in [1.82, 2.24) is 29.4 Å². The van der Waals surface area contributed by atoms with Gasteiger partial charge >= 0.3 is 6.03 Å². The minimum atomic E-state index is -0.676. The van der Waals surface area contributed by atoms with Crippen molar-refractivity contribution in [3.8, 4) is 11.6 Å². The van der Waals surface area contributed by atoms with Gasteiger partial charge in [-0.05, 0) is 25.5 Å². The summed E-state index contributed by atoms with van der Waals surface area (Å²) in [5, 5.41) is 5.43. The molecule has 5 heterocycles. The van der Waals surface area contributed by atoms with Crippen LogP contribution in [0.5, 0.6) is 5.75 Å². The zero-order valence-corrected chi connectivity index (χ0v) is 19.4. The average Bonchev–Trinajstić information content (AvgIpc) is 3.41. The van der Waals surface area contributed by atoms with Gasteiger partial charge in [0.2, 0.25) is 0 Å². The van der Waals surface area contributed by atoms with Crippen LogP contribution in [0.3, 0.4) is 0 Å². The molecule has 2 aliphatic rings. The fraction of sp³-hybridized carbons (Fsp3) is 0.304. The topological polar surface area (TPSA) is 132 Å². The third-order valence-corrected chi connectivity index (χ3v) is 6.09. The number of urea groups is 1. The lowest BCUT2D eigenvalue weighted by Gasteiger charge is -2.41. The number of ether oxygens (including phenoxy) is 1. The van der Waals surface area contributed by atoms with E-state index in [4.69, 9.17) is 10.5 Å². The Morgan fingerprint density at radius 1 is 1.14 bits per heavy atom. The third-order valence-electron chi connectivity index (χ3n) is 6.09. The minimum Gasteiger partial charge on any atom is -0.483 e. The number of primary amides is 1. The van der Waals surface area contributed by atoms with Crippen molar-refractivity contribution in [1.29, 1.82) is 0 Å². The number of likely N-dealkylation sites (tertiary alicyclic amines) is 1. The molecular formula is C23H22F2N8O3. The molecule has 2 aliphatic heterocycles. The van der Waals surface area contributed by atoms with Gasteiger partial charge in [0.05, 0.1) is 37.2 Å². The van der Waals surface area contributed by atoms with Crippen LogP contribution in [0.4, 0.5) is 13.6 Å². The highest BCUT2D eigenvalue weighted by Gasteiger charge is 2.39. The van der Waals surface area contributed by atoms with E-state index < -0.39 is 29.7 Å². The maximum atomic E-state index is 14.5. The number of rotatable bonds is 5. The number of pyridine rings is 2. The van der Waals surface area contributed by atoms with Crippen LogP contribution in [0.2, 0.25) is 0 Å². The molecule has 13 heteroatoms. The summed E-state index contributed by atoms with van der Waals surface area (Å²) in [6, 6.07) is 1.92. The summed E-state index contributed by atoms with van der Waals surface area (Å²) in [6.07, 6.45) is 5.21. The molecule has 0 bridgehead atoms. The number of amides is 3. The molecule has 186 valence electrons. The molecule has 1 atom stereocenters. The van der Waals surface area contributed by atoms with Crippen molar-refractivity contribution in [3.05, 3.63) is 65.1 Å². The molecule has 0 unspecified atom stereocenters. The van der Waals surface area contributed by atoms with E-state index in [1.54, 1.807) is 24.6 Å². The van der Waals surface area contributed by atoms with Crippen LogP contribution in [0.15, 0.2) is 35.8 Å². The van der Waals surface area contributed by atoms with E-state index in [0.717, 1.165) is 12.4 Å². The summed E-state index contributed by atoms with van der Waals surface area (Å²) >= 11 is 0. The zero-order chi connectivity index (χ0) is 25.6. The van der Waals surface area contributed by atoms with Crippen molar-refractivity contribution < 1.29 is 23.1 Å². The van der Waals surface area contributed by atoms with E-state index in [1.807, 2.05) is 0 Å². The molecule has 0 spiro atoms. The van der Waals surface area contributed by atoms with Crippen LogP contribution in [0.25, 0.3) is 5.82 Å². The summed E-state index contributed by atoms with van der Waals surface area (Å²) in [5.74, 6) is -1.11. The molecule has 36 heavy (non-hydrogen) atoms. The van der Waals surface area contributed by atoms with Crippen LogP contribution < -0.4 is 10.5 Å². The Balaban J connectivity index is 1.26. The molecule has 0 aliphatic carbocycles. The fourth-order valence-corrected chi connectivity index (χ4v) is 4.31. The van der Waals surface area contributed by atoms with Gasteiger partial charge in [-0.15, -0.1) is 0 Å². The van der Waals surface area contributed by atoms with Crippen molar-refractivity contribution in [2.24, 2.45) is 10.8 Å². The fourth-order valence-electron chi connectivity index (χ4n) is 4.31. The molecule has 11 nitrogen and oxygen atoms in total. The zero-order valence-electron chi connectivity index (χ0n) is 19.4. The number of imidazole rings is 1. The molecule has 3 amide bonds. The molecule has 3 aromatic heterocycles. The SMILES string of the molecule is Cc1nc(C(N)=O)c(C)n1-c1cc(OC2CN(C(=O)N3N=CC[C@H]3c3cncc(F)c3)C2)c(F)cn1. The average molecular weight is 496 g/mol. The smallest absolute Gasteiger partial charge is 0.341 e. The number of aryl methyl sites for hydroxylation is 1. The molecule has 0 radical (unpaired) electrons. The van der Waals surface area contributed by atoms with Gasteiger partial charge in [-0.2, -0.15) is 5.10 Å². The Hall–Kier alpha value is -4.42. The number of hydrazone groups is 1. The number of carbonyl (C=O) groups is 2. The van der Waals surface area contributed by atoms with Crippen LogP contribution in [0, 0.1) is 25.5 Å². The Morgan fingerprint density at radius 3 is 2.61 bits per heavy atom. The normalized spacial score (nSPS) is 17.4. The van der Waals surface area contributed by atoms with E-state index in [1.165, 1.54) is 28.2 Å². The van der Waals surface area contributed by atoms with Crippen molar-refractivity contribution in [2.45, 2.75) is 32.4 Å². The second-order valence-corrected chi connectivity index (χ2v) is 8.52. The Kier molecular flexibility index (Phi) is 5.82. The van der Waals surface area contributed by atoms with Gasteiger partial charge in [-0.1, -0.05) is 0 Å². The number of carbonyl (C=O) groups excluding carboxylic acids is 2. The van der Waals surface area contributed by atoms with Crippen molar-refractivity contribution in [3.63, 3.8) is 0 Å². The number of aromatic nitrogens is 4. The Labute approximate surface area is 204 Å². The van der Waals surface area contributed by atoms with Gasteiger partial charge < -0.3 is 15.4 Å². The highest BCUT2D eigenvalue weighted by Crippen LogP contribution is 2.31. The summed E-state index contributed by atoms with van der Waals surface area (Å²) in [4.78, 5) is 38.2. The highest BCUT2D eigenvalue weighted by molar-refractivity contribution is 5.92.